The first-order valence-electron chi connectivity index (χ1n) is 8.52. The van der Waals surface area contributed by atoms with Crippen LogP contribution in [0.4, 0.5) is 0 Å². The van der Waals surface area contributed by atoms with Crippen molar-refractivity contribution in [1.29, 1.82) is 0 Å². The smallest absolute Gasteiger partial charge is 0.174 e. The van der Waals surface area contributed by atoms with Crippen LogP contribution in [0.1, 0.15) is 24.8 Å². The van der Waals surface area contributed by atoms with E-state index in [0.29, 0.717) is 29.1 Å². The molecule has 3 atom stereocenters. The standard InChI is InChI=1S/C21H21BrO5/c1-5-12-6-7-14-20(25)11(2)8-17(24)21(14,22)19(12)18-15(23)9-13(26-3)10-16(18)27-4/h5-6,8-10,14,19,23H,1,7H2,2-4H3. The first-order chi connectivity index (χ1) is 12.8. The molecule has 0 aromatic heterocycles. The number of phenolic OH excluding ortho intramolecular Hbond substituents is 1. The van der Waals surface area contributed by atoms with Crippen LogP contribution in [0.25, 0.3) is 0 Å². The van der Waals surface area contributed by atoms with E-state index >= 15 is 0 Å². The summed E-state index contributed by atoms with van der Waals surface area (Å²) >= 11 is 3.62. The Morgan fingerprint density at radius 1 is 1.30 bits per heavy atom. The molecule has 27 heavy (non-hydrogen) atoms. The zero-order valence-electron chi connectivity index (χ0n) is 15.4. The summed E-state index contributed by atoms with van der Waals surface area (Å²) < 4.78 is 9.47. The lowest BCUT2D eigenvalue weighted by atomic mass is 9.62. The molecule has 1 aromatic carbocycles. The number of ether oxygens (including phenoxy) is 2. The molecule has 3 unspecified atom stereocenters. The first kappa shape index (κ1) is 19.4. The van der Waals surface area contributed by atoms with Gasteiger partial charge in [-0.25, -0.2) is 0 Å². The normalized spacial score (nSPS) is 27.4. The third-order valence-electron chi connectivity index (χ3n) is 5.35. The number of hydrogen-bond donors (Lipinski definition) is 1. The van der Waals surface area contributed by atoms with E-state index in [2.05, 4.69) is 22.5 Å². The predicted octanol–water partition coefficient (Wildman–Crippen LogP) is 3.86. The second-order valence-corrected chi connectivity index (χ2v) is 8.03. The fourth-order valence-electron chi connectivity index (χ4n) is 3.99. The van der Waals surface area contributed by atoms with Gasteiger partial charge in [-0.15, -0.1) is 0 Å². The second-order valence-electron chi connectivity index (χ2n) is 6.72. The molecule has 0 spiro atoms. The average Bonchev–Trinajstić information content (AvgIpc) is 2.65. The Labute approximate surface area is 166 Å². The minimum atomic E-state index is -1.22. The van der Waals surface area contributed by atoms with Crippen molar-refractivity contribution in [3.63, 3.8) is 0 Å². The van der Waals surface area contributed by atoms with E-state index < -0.39 is 16.2 Å². The molecule has 0 aliphatic heterocycles. The van der Waals surface area contributed by atoms with Crippen LogP contribution in [0.5, 0.6) is 17.2 Å². The van der Waals surface area contributed by atoms with E-state index in [4.69, 9.17) is 9.47 Å². The molecule has 0 saturated heterocycles. The topological polar surface area (TPSA) is 72.8 Å². The summed E-state index contributed by atoms with van der Waals surface area (Å²) in [6.45, 7) is 5.51. The van der Waals surface area contributed by atoms with Crippen molar-refractivity contribution in [2.75, 3.05) is 14.2 Å². The summed E-state index contributed by atoms with van der Waals surface area (Å²) in [4.78, 5) is 25.9. The Kier molecular flexibility index (Phi) is 5.04. The van der Waals surface area contributed by atoms with Gasteiger partial charge in [0.2, 0.25) is 0 Å². The van der Waals surface area contributed by atoms with Crippen molar-refractivity contribution in [2.45, 2.75) is 23.6 Å². The zero-order valence-corrected chi connectivity index (χ0v) is 17.0. The molecule has 2 aliphatic carbocycles. The Bertz CT molecular complexity index is 898. The van der Waals surface area contributed by atoms with Crippen LogP contribution >= 0.6 is 15.9 Å². The molecule has 0 fully saturated rings. The van der Waals surface area contributed by atoms with Gasteiger partial charge in [-0.1, -0.05) is 34.7 Å². The van der Waals surface area contributed by atoms with Crippen molar-refractivity contribution < 1.29 is 24.2 Å². The number of fused-ring (bicyclic) bond motifs is 1. The molecule has 142 valence electrons. The Morgan fingerprint density at radius 2 is 2.00 bits per heavy atom. The molecular formula is C21H21BrO5. The number of alkyl halides is 1. The van der Waals surface area contributed by atoms with Gasteiger partial charge in [0.15, 0.2) is 11.6 Å². The highest BCUT2D eigenvalue weighted by molar-refractivity contribution is 9.10. The maximum Gasteiger partial charge on any atom is 0.174 e. The van der Waals surface area contributed by atoms with E-state index in [1.165, 1.54) is 26.4 Å². The van der Waals surface area contributed by atoms with Gasteiger partial charge in [-0.2, -0.15) is 0 Å². The molecule has 0 saturated carbocycles. The highest BCUT2D eigenvalue weighted by Crippen LogP contribution is 2.57. The SMILES string of the molecule is C=CC1=CCC2C(=O)C(C)=CC(=O)C2(Br)C1c1c(O)cc(OC)cc1OC. The number of allylic oxidation sites excluding steroid dienone is 5. The number of methoxy groups -OCH3 is 2. The van der Waals surface area contributed by atoms with Crippen LogP contribution in [0.3, 0.4) is 0 Å². The lowest BCUT2D eigenvalue weighted by Gasteiger charge is -2.45. The van der Waals surface area contributed by atoms with Gasteiger partial charge in [-0.3, -0.25) is 9.59 Å². The minimum absolute atomic E-state index is 0.0741. The molecule has 1 aromatic rings. The van der Waals surface area contributed by atoms with Gasteiger partial charge >= 0.3 is 0 Å². The third kappa shape index (κ3) is 2.83. The summed E-state index contributed by atoms with van der Waals surface area (Å²) in [7, 11) is 2.97. The number of Topliss-reactive ketones (excluding diaryl/α,β-unsaturated/α-hetero) is 1. The number of benzene rings is 1. The highest BCUT2D eigenvalue weighted by atomic mass is 79.9. The molecule has 1 N–H and O–H groups in total. The predicted molar refractivity (Wildman–Crippen MR) is 106 cm³/mol. The number of hydrogen-bond acceptors (Lipinski definition) is 5. The van der Waals surface area contributed by atoms with E-state index in [1.807, 2.05) is 6.08 Å². The summed E-state index contributed by atoms with van der Waals surface area (Å²) in [6, 6.07) is 3.11. The van der Waals surface area contributed by atoms with Crippen LogP contribution < -0.4 is 9.47 Å². The van der Waals surface area contributed by atoms with E-state index in [-0.39, 0.29) is 17.3 Å². The average molecular weight is 433 g/mol. The largest absolute Gasteiger partial charge is 0.507 e. The van der Waals surface area contributed by atoms with Gasteiger partial charge in [0, 0.05) is 29.5 Å². The van der Waals surface area contributed by atoms with Crippen LogP contribution in [0.2, 0.25) is 0 Å². The van der Waals surface area contributed by atoms with E-state index in [1.54, 1.807) is 19.1 Å². The summed E-state index contributed by atoms with van der Waals surface area (Å²) in [6.07, 6.45) is 5.34. The molecule has 0 amide bonds. The van der Waals surface area contributed by atoms with Crippen LogP contribution in [-0.2, 0) is 9.59 Å². The number of phenols is 1. The van der Waals surface area contributed by atoms with Crippen molar-refractivity contribution in [3.8, 4) is 17.2 Å². The number of carbonyl (C=O) groups is 2. The third-order valence-corrected chi connectivity index (χ3v) is 6.76. The van der Waals surface area contributed by atoms with Crippen molar-refractivity contribution in [3.05, 3.63) is 53.6 Å². The number of rotatable bonds is 4. The lowest BCUT2D eigenvalue weighted by molar-refractivity contribution is -0.128. The number of aromatic hydroxyl groups is 1. The number of carbonyl (C=O) groups excluding carboxylic acids is 2. The molecule has 3 rings (SSSR count). The van der Waals surface area contributed by atoms with Crippen molar-refractivity contribution >= 4 is 27.5 Å². The molecule has 0 heterocycles. The zero-order chi connectivity index (χ0) is 19.9. The van der Waals surface area contributed by atoms with Crippen LogP contribution in [0, 0.1) is 5.92 Å². The molecule has 0 bridgehead atoms. The first-order valence-corrected chi connectivity index (χ1v) is 9.32. The molecule has 2 aliphatic rings. The summed E-state index contributed by atoms with van der Waals surface area (Å²) in [5.74, 6) is -0.784. The Hall–Kier alpha value is -2.34. The van der Waals surface area contributed by atoms with Crippen molar-refractivity contribution in [1.82, 2.24) is 0 Å². The molecular weight excluding hydrogens is 412 g/mol. The van der Waals surface area contributed by atoms with Gasteiger partial charge in [0.1, 0.15) is 21.6 Å². The minimum Gasteiger partial charge on any atom is -0.507 e. The monoisotopic (exact) mass is 432 g/mol. The van der Waals surface area contributed by atoms with Gasteiger partial charge in [0.25, 0.3) is 0 Å². The van der Waals surface area contributed by atoms with Gasteiger partial charge in [-0.05, 0) is 30.6 Å². The maximum absolute atomic E-state index is 13.1. The summed E-state index contributed by atoms with van der Waals surface area (Å²) in [5, 5.41) is 10.8. The van der Waals surface area contributed by atoms with E-state index in [0.717, 1.165) is 5.57 Å². The van der Waals surface area contributed by atoms with E-state index in [9.17, 15) is 14.7 Å². The fraction of sp³-hybridized carbons (Fsp3) is 0.333. The van der Waals surface area contributed by atoms with Crippen LogP contribution in [-0.4, -0.2) is 35.2 Å². The van der Waals surface area contributed by atoms with Gasteiger partial charge in [0.05, 0.1) is 14.2 Å². The Morgan fingerprint density at radius 3 is 2.59 bits per heavy atom. The highest BCUT2D eigenvalue weighted by Gasteiger charge is 2.57. The maximum atomic E-state index is 13.1. The lowest BCUT2D eigenvalue weighted by Crippen LogP contribution is -2.53. The molecule has 0 radical (unpaired) electrons. The van der Waals surface area contributed by atoms with Gasteiger partial charge < -0.3 is 14.6 Å². The number of ketones is 2. The van der Waals surface area contributed by atoms with Crippen LogP contribution in [0.15, 0.2) is 48.1 Å². The quantitative estimate of drug-likeness (QED) is 0.731. The molecule has 6 heteroatoms. The summed E-state index contributed by atoms with van der Waals surface area (Å²) in [5.41, 5.74) is 1.61. The Balaban J connectivity index is 2.31. The number of halogens is 1. The van der Waals surface area contributed by atoms with Crippen molar-refractivity contribution in [2.24, 2.45) is 5.92 Å². The molecule has 5 nitrogen and oxygen atoms in total. The second kappa shape index (κ2) is 7.00. The fourth-order valence-corrected chi connectivity index (χ4v) is 5.00.